The van der Waals surface area contributed by atoms with Gasteiger partial charge in [-0.1, -0.05) is 23.7 Å². The lowest BCUT2D eigenvalue weighted by atomic mass is 10.2. The summed E-state index contributed by atoms with van der Waals surface area (Å²) in [4.78, 5) is 23.5. The number of hydrogen-bond donors (Lipinski definition) is 1. The van der Waals surface area contributed by atoms with Gasteiger partial charge in [-0.05, 0) is 29.8 Å². The Morgan fingerprint density at radius 1 is 1.16 bits per heavy atom. The first-order chi connectivity index (χ1) is 17.9. The fourth-order valence-corrected chi connectivity index (χ4v) is 5.05. The lowest BCUT2D eigenvalue weighted by Crippen LogP contribution is -2.36. The summed E-state index contributed by atoms with van der Waals surface area (Å²) >= 11 is 6.75. The maximum atomic E-state index is 15.1. The van der Waals surface area contributed by atoms with E-state index in [1.165, 1.54) is 6.07 Å². The van der Waals surface area contributed by atoms with Crippen molar-refractivity contribution in [3.05, 3.63) is 69.4 Å². The second-order valence-electron chi connectivity index (χ2n) is 8.97. The molecule has 5 aromatic rings. The Morgan fingerprint density at radius 2 is 1.92 bits per heavy atom. The van der Waals surface area contributed by atoms with Crippen LogP contribution in [-0.4, -0.2) is 57.7 Å². The van der Waals surface area contributed by atoms with Gasteiger partial charge in [-0.15, -0.1) is 0 Å². The van der Waals surface area contributed by atoms with Crippen LogP contribution >= 0.6 is 11.6 Å². The molecular weight excluding hydrogens is 499 g/mol. The Hall–Kier alpha value is -3.89. The molecule has 11 heteroatoms. The zero-order valence-electron chi connectivity index (χ0n) is 20.3. The predicted octanol–water partition coefficient (Wildman–Crippen LogP) is 3.96. The van der Waals surface area contributed by atoms with E-state index in [1.807, 2.05) is 30.3 Å². The summed E-state index contributed by atoms with van der Waals surface area (Å²) < 4.78 is 29.0. The molecule has 9 nitrogen and oxygen atoms in total. The van der Waals surface area contributed by atoms with E-state index >= 15 is 4.39 Å². The summed E-state index contributed by atoms with van der Waals surface area (Å²) in [6.07, 6.45) is 1.75. The SMILES string of the molecule is COc1ccc(Cn2c(=O)c(-c3nc4c(F)cc(N5CCOCC5)cc4[nH]3)c(Cl)c3nn(C)cc32)cc1. The summed E-state index contributed by atoms with van der Waals surface area (Å²) in [5.41, 5.74) is 3.09. The maximum absolute atomic E-state index is 15.1. The first-order valence-electron chi connectivity index (χ1n) is 11.8. The van der Waals surface area contributed by atoms with E-state index < -0.39 is 5.82 Å². The standard InChI is InChI=1S/C26H24ClFN6O3/c1-32-14-20-24(31-32)22(27)21(26(35)34(20)13-15-3-5-17(36-2)6-4-15)25-29-19-12-16(11-18(28)23(19)30-25)33-7-9-37-10-8-33/h3-6,11-12,14H,7-10,13H2,1-2H3,(H,29,30). The number of nitrogens with zero attached hydrogens (tertiary/aromatic N) is 5. The van der Waals surface area contributed by atoms with Gasteiger partial charge in [0.25, 0.3) is 5.56 Å². The molecular formula is C26H24ClFN6O3. The molecule has 0 spiro atoms. The van der Waals surface area contributed by atoms with Crippen LogP contribution in [0.2, 0.25) is 5.02 Å². The number of anilines is 1. The number of halogens is 2. The highest BCUT2D eigenvalue weighted by molar-refractivity contribution is 6.37. The molecule has 0 bridgehead atoms. The molecule has 1 N–H and O–H groups in total. The Kier molecular flexibility index (Phi) is 5.85. The van der Waals surface area contributed by atoms with E-state index in [0.717, 1.165) is 17.0 Å². The average molecular weight is 523 g/mol. The Labute approximate surface area is 216 Å². The normalized spacial score (nSPS) is 14.1. The van der Waals surface area contributed by atoms with Crippen LogP contribution in [-0.2, 0) is 18.3 Å². The molecule has 190 valence electrons. The lowest BCUT2D eigenvalue weighted by Gasteiger charge is -2.28. The van der Waals surface area contributed by atoms with Crippen LogP contribution in [0.4, 0.5) is 10.1 Å². The van der Waals surface area contributed by atoms with Gasteiger partial charge in [0.1, 0.15) is 28.2 Å². The molecule has 0 aliphatic carbocycles. The quantitative estimate of drug-likeness (QED) is 0.376. The van der Waals surface area contributed by atoms with Crippen molar-refractivity contribution in [2.24, 2.45) is 7.05 Å². The molecule has 1 aliphatic rings. The molecule has 0 saturated carbocycles. The van der Waals surface area contributed by atoms with Gasteiger partial charge in [-0.2, -0.15) is 5.10 Å². The summed E-state index contributed by atoms with van der Waals surface area (Å²) in [6, 6.07) is 10.8. The fourth-order valence-electron chi connectivity index (χ4n) is 4.75. The third-order valence-electron chi connectivity index (χ3n) is 6.62. The number of fused-ring (bicyclic) bond motifs is 2. The summed E-state index contributed by atoms with van der Waals surface area (Å²) in [5, 5.41) is 4.65. The van der Waals surface area contributed by atoms with Crippen molar-refractivity contribution in [1.29, 1.82) is 0 Å². The van der Waals surface area contributed by atoms with Crippen LogP contribution in [0.3, 0.4) is 0 Å². The molecule has 0 radical (unpaired) electrons. The molecule has 2 aromatic carbocycles. The van der Waals surface area contributed by atoms with Gasteiger partial charge < -0.3 is 23.9 Å². The molecule has 37 heavy (non-hydrogen) atoms. The summed E-state index contributed by atoms with van der Waals surface area (Å²) in [5.74, 6) is 0.439. The molecule has 4 heterocycles. The predicted molar refractivity (Wildman–Crippen MR) is 140 cm³/mol. The van der Waals surface area contributed by atoms with Crippen LogP contribution in [0, 0.1) is 5.82 Å². The number of H-pyrrole nitrogens is 1. The summed E-state index contributed by atoms with van der Waals surface area (Å²) in [7, 11) is 3.37. The van der Waals surface area contributed by atoms with Crippen LogP contribution in [0.25, 0.3) is 33.5 Å². The van der Waals surface area contributed by atoms with E-state index in [9.17, 15) is 4.79 Å². The number of aryl methyl sites for hydroxylation is 1. The largest absolute Gasteiger partial charge is 0.497 e. The second-order valence-corrected chi connectivity index (χ2v) is 9.35. The van der Waals surface area contributed by atoms with Crippen molar-refractivity contribution in [2.45, 2.75) is 6.54 Å². The highest BCUT2D eigenvalue weighted by Gasteiger charge is 2.24. The first kappa shape index (κ1) is 23.5. The van der Waals surface area contributed by atoms with Gasteiger partial charge >= 0.3 is 0 Å². The van der Waals surface area contributed by atoms with Crippen LogP contribution in [0.15, 0.2) is 47.4 Å². The van der Waals surface area contributed by atoms with Crippen molar-refractivity contribution in [3.63, 3.8) is 0 Å². The van der Waals surface area contributed by atoms with Crippen molar-refractivity contribution < 1.29 is 13.9 Å². The number of aromatic amines is 1. The van der Waals surface area contributed by atoms with Gasteiger partial charge in [-0.3, -0.25) is 9.48 Å². The number of rotatable bonds is 5. The van der Waals surface area contributed by atoms with Crippen molar-refractivity contribution in [2.75, 3.05) is 38.3 Å². The number of imidazole rings is 1. The molecule has 0 atom stereocenters. The molecule has 0 amide bonds. The second kappa shape index (κ2) is 9.20. The minimum Gasteiger partial charge on any atom is -0.497 e. The van der Waals surface area contributed by atoms with Crippen LogP contribution in [0.5, 0.6) is 5.75 Å². The number of benzene rings is 2. The number of morpholine rings is 1. The molecule has 3 aromatic heterocycles. The van der Waals surface area contributed by atoms with E-state index in [0.29, 0.717) is 42.9 Å². The highest BCUT2D eigenvalue weighted by Crippen LogP contribution is 2.32. The Balaban J connectivity index is 1.50. The first-order valence-corrected chi connectivity index (χ1v) is 12.2. The topological polar surface area (TPSA) is 90.2 Å². The molecule has 1 fully saturated rings. The van der Waals surface area contributed by atoms with Gasteiger partial charge in [0.15, 0.2) is 5.82 Å². The monoisotopic (exact) mass is 522 g/mol. The highest BCUT2D eigenvalue weighted by atomic mass is 35.5. The zero-order valence-corrected chi connectivity index (χ0v) is 21.0. The van der Waals surface area contributed by atoms with Gasteiger partial charge in [-0.25, -0.2) is 9.37 Å². The van der Waals surface area contributed by atoms with E-state index in [4.69, 9.17) is 21.1 Å². The number of methoxy groups -OCH3 is 1. The number of aromatic nitrogens is 5. The van der Waals surface area contributed by atoms with E-state index in [1.54, 1.807) is 29.6 Å². The number of ether oxygens (including phenoxy) is 2. The number of nitrogens with one attached hydrogen (secondary N) is 1. The van der Waals surface area contributed by atoms with Crippen molar-refractivity contribution >= 4 is 39.4 Å². The van der Waals surface area contributed by atoms with Crippen LogP contribution < -0.4 is 15.2 Å². The Morgan fingerprint density at radius 3 is 2.65 bits per heavy atom. The molecule has 1 saturated heterocycles. The lowest BCUT2D eigenvalue weighted by molar-refractivity contribution is 0.122. The summed E-state index contributed by atoms with van der Waals surface area (Å²) in [6.45, 7) is 2.79. The van der Waals surface area contributed by atoms with Crippen molar-refractivity contribution in [3.8, 4) is 17.1 Å². The van der Waals surface area contributed by atoms with Crippen LogP contribution in [0.1, 0.15) is 5.56 Å². The molecule has 6 rings (SSSR count). The van der Waals surface area contributed by atoms with E-state index in [-0.39, 0.29) is 34.0 Å². The Bertz CT molecular complexity index is 1690. The number of pyridine rings is 1. The molecule has 0 unspecified atom stereocenters. The minimum absolute atomic E-state index is 0.143. The molecule has 1 aliphatic heterocycles. The average Bonchev–Trinajstić information content (AvgIpc) is 3.51. The fraction of sp³-hybridized carbons (Fsp3) is 0.269. The zero-order chi connectivity index (χ0) is 25.7. The van der Waals surface area contributed by atoms with Gasteiger partial charge in [0.05, 0.1) is 42.9 Å². The number of hydrogen-bond acceptors (Lipinski definition) is 6. The van der Waals surface area contributed by atoms with Gasteiger partial charge in [0.2, 0.25) is 0 Å². The van der Waals surface area contributed by atoms with Crippen molar-refractivity contribution in [1.82, 2.24) is 24.3 Å². The van der Waals surface area contributed by atoms with E-state index in [2.05, 4.69) is 20.0 Å². The van der Waals surface area contributed by atoms with Gasteiger partial charge in [0, 0.05) is 32.0 Å². The smallest absolute Gasteiger partial charge is 0.264 e. The minimum atomic E-state index is -0.477. The third-order valence-corrected chi connectivity index (χ3v) is 6.99. The maximum Gasteiger partial charge on any atom is 0.264 e. The third kappa shape index (κ3) is 4.11.